The lowest BCUT2D eigenvalue weighted by Gasteiger charge is -2.41. The molecule has 5 nitrogen and oxygen atoms in total. The van der Waals surface area contributed by atoms with Crippen molar-refractivity contribution in [1.29, 1.82) is 0 Å². The summed E-state index contributed by atoms with van der Waals surface area (Å²) in [5.74, 6) is -0.816. The molecule has 0 aromatic heterocycles. The number of allylic oxidation sites excluding steroid dienone is 2. The zero-order chi connectivity index (χ0) is 20.9. The molecule has 0 unspecified atom stereocenters. The molecule has 0 saturated heterocycles. The van der Waals surface area contributed by atoms with Crippen LogP contribution >= 0.6 is 0 Å². The summed E-state index contributed by atoms with van der Waals surface area (Å²) in [7, 11) is -2.09. The van der Waals surface area contributed by atoms with Crippen molar-refractivity contribution in [2.75, 3.05) is 6.61 Å². The maximum Gasteiger partial charge on any atom is 0.338 e. The molecule has 0 N–H and O–H groups in total. The van der Waals surface area contributed by atoms with E-state index in [1.165, 1.54) is 6.92 Å². The number of esters is 2. The molecule has 2 rings (SSSR count). The minimum absolute atomic E-state index is 0.0166. The maximum absolute atomic E-state index is 12.3. The van der Waals surface area contributed by atoms with E-state index < -0.39 is 32.5 Å². The van der Waals surface area contributed by atoms with Gasteiger partial charge in [-0.3, -0.25) is 4.79 Å². The zero-order valence-corrected chi connectivity index (χ0v) is 18.5. The van der Waals surface area contributed by atoms with Gasteiger partial charge in [0.15, 0.2) is 14.4 Å². The Balaban J connectivity index is 2.14. The number of rotatable bonds is 6. The Kier molecular flexibility index (Phi) is 7.01. The lowest BCUT2D eigenvalue weighted by molar-refractivity contribution is -0.148. The maximum atomic E-state index is 12.3. The summed E-state index contributed by atoms with van der Waals surface area (Å²) in [5.41, 5.74) is 1.18. The molecule has 1 aromatic carbocycles. The van der Waals surface area contributed by atoms with E-state index in [1.54, 1.807) is 24.3 Å². The van der Waals surface area contributed by atoms with E-state index in [0.29, 0.717) is 11.1 Å². The van der Waals surface area contributed by atoms with Crippen LogP contribution in [0.3, 0.4) is 0 Å². The van der Waals surface area contributed by atoms with Crippen LogP contribution in [0.2, 0.25) is 18.1 Å². The van der Waals surface area contributed by atoms with Crippen molar-refractivity contribution < 1.29 is 23.5 Å². The topological polar surface area (TPSA) is 61.8 Å². The molecule has 0 bridgehead atoms. The summed E-state index contributed by atoms with van der Waals surface area (Å²) in [6.07, 6.45) is 4.57. The number of hydrogen-bond donors (Lipinski definition) is 0. The van der Waals surface area contributed by atoms with Crippen LogP contribution in [0.4, 0.5) is 0 Å². The van der Waals surface area contributed by atoms with E-state index in [-0.39, 0.29) is 11.6 Å². The van der Waals surface area contributed by atoms with Gasteiger partial charge in [0.05, 0.1) is 5.56 Å². The molecule has 0 amide bonds. The van der Waals surface area contributed by atoms with Crippen molar-refractivity contribution in [1.82, 2.24) is 0 Å². The molecule has 0 radical (unpaired) electrons. The molecule has 1 aliphatic rings. The largest absolute Gasteiger partial charge is 0.457 e. The SMILES string of the molecule is CC(=O)O[C@@H]1C(COC(=O)c2ccccc2)=CC=C[C@H]1O[Si](C)(C)C(C)(C)C. The van der Waals surface area contributed by atoms with Crippen LogP contribution in [0.5, 0.6) is 0 Å². The average Bonchev–Trinajstić information content (AvgIpc) is 2.61. The van der Waals surface area contributed by atoms with Crippen LogP contribution in [0, 0.1) is 0 Å². The van der Waals surface area contributed by atoms with Gasteiger partial charge in [-0.2, -0.15) is 0 Å². The highest BCUT2D eigenvalue weighted by molar-refractivity contribution is 6.74. The van der Waals surface area contributed by atoms with E-state index >= 15 is 0 Å². The predicted octanol–water partition coefficient (Wildman–Crippen LogP) is 4.66. The number of hydrogen-bond acceptors (Lipinski definition) is 5. The van der Waals surface area contributed by atoms with E-state index in [1.807, 2.05) is 24.3 Å². The summed E-state index contributed by atoms with van der Waals surface area (Å²) < 4.78 is 17.5. The first kappa shape index (κ1) is 22.1. The van der Waals surface area contributed by atoms with Crippen molar-refractivity contribution in [2.45, 2.75) is 58.0 Å². The van der Waals surface area contributed by atoms with Crippen molar-refractivity contribution in [3.05, 3.63) is 59.7 Å². The van der Waals surface area contributed by atoms with Crippen LogP contribution in [0.25, 0.3) is 0 Å². The van der Waals surface area contributed by atoms with Crippen LogP contribution in [0.1, 0.15) is 38.1 Å². The molecule has 1 aromatic rings. The fraction of sp³-hybridized carbons (Fsp3) is 0.455. The van der Waals surface area contributed by atoms with Crippen LogP contribution < -0.4 is 0 Å². The van der Waals surface area contributed by atoms with E-state index in [4.69, 9.17) is 13.9 Å². The first-order valence-electron chi connectivity index (χ1n) is 9.46. The lowest BCUT2D eigenvalue weighted by atomic mass is 9.99. The highest BCUT2D eigenvalue weighted by Crippen LogP contribution is 2.39. The summed E-state index contributed by atoms with van der Waals surface area (Å²) >= 11 is 0. The quantitative estimate of drug-likeness (QED) is 0.511. The Morgan fingerprint density at radius 2 is 1.75 bits per heavy atom. The Morgan fingerprint density at radius 3 is 2.32 bits per heavy atom. The molecule has 1 aliphatic carbocycles. The highest BCUT2D eigenvalue weighted by atomic mass is 28.4. The monoisotopic (exact) mass is 402 g/mol. The van der Waals surface area contributed by atoms with Crippen LogP contribution in [-0.2, 0) is 18.7 Å². The van der Waals surface area contributed by atoms with Gasteiger partial charge in [-0.25, -0.2) is 4.79 Å². The Hall–Kier alpha value is -2.18. The van der Waals surface area contributed by atoms with E-state index in [9.17, 15) is 9.59 Å². The number of carbonyl (C=O) groups excluding carboxylic acids is 2. The fourth-order valence-electron chi connectivity index (χ4n) is 2.57. The van der Waals surface area contributed by atoms with Gasteiger partial charge in [-0.1, -0.05) is 57.2 Å². The van der Waals surface area contributed by atoms with Gasteiger partial charge in [0, 0.05) is 12.5 Å². The average molecular weight is 403 g/mol. The summed E-state index contributed by atoms with van der Waals surface area (Å²) in [4.78, 5) is 24.0. The molecule has 28 heavy (non-hydrogen) atoms. The van der Waals surface area contributed by atoms with Crippen molar-refractivity contribution in [3.63, 3.8) is 0 Å². The number of ether oxygens (including phenoxy) is 2. The van der Waals surface area contributed by atoms with Crippen LogP contribution in [0.15, 0.2) is 54.1 Å². The van der Waals surface area contributed by atoms with Gasteiger partial charge in [0.2, 0.25) is 0 Å². The third kappa shape index (κ3) is 5.66. The smallest absolute Gasteiger partial charge is 0.338 e. The zero-order valence-electron chi connectivity index (χ0n) is 17.5. The van der Waals surface area contributed by atoms with Crippen molar-refractivity contribution in [2.24, 2.45) is 0 Å². The van der Waals surface area contributed by atoms with E-state index in [0.717, 1.165) is 0 Å². The molecule has 0 heterocycles. The molecule has 152 valence electrons. The molecular weight excluding hydrogens is 372 g/mol. The van der Waals surface area contributed by atoms with Crippen molar-refractivity contribution in [3.8, 4) is 0 Å². The standard InChI is InChI=1S/C22H30O5Si/c1-16(23)26-20-18(15-25-21(24)17-11-8-7-9-12-17)13-10-14-19(20)27-28(5,6)22(2,3)4/h7-14,19-20H,15H2,1-6H3/t19-,20-/m1/s1. The third-order valence-electron chi connectivity index (χ3n) is 5.18. The second kappa shape index (κ2) is 8.88. The summed E-state index contributed by atoms with van der Waals surface area (Å²) in [6.45, 7) is 12.2. The molecule has 0 aliphatic heterocycles. The highest BCUT2D eigenvalue weighted by Gasteiger charge is 2.42. The second-order valence-corrected chi connectivity index (χ2v) is 13.2. The molecule has 0 saturated carbocycles. The molecular formula is C22H30O5Si. The van der Waals surface area contributed by atoms with Gasteiger partial charge in [-0.05, 0) is 30.3 Å². The van der Waals surface area contributed by atoms with Crippen molar-refractivity contribution >= 4 is 20.3 Å². The Morgan fingerprint density at radius 1 is 1.11 bits per heavy atom. The lowest BCUT2D eigenvalue weighted by Crippen LogP contribution is -2.48. The third-order valence-corrected chi connectivity index (χ3v) is 9.66. The summed E-state index contributed by atoms with van der Waals surface area (Å²) in [5, 5.41) is 0.0166. The second-order valence-electron chi connectivity index (χ2n) is 8.44. The van der Waals surface area contributed by atoms with Gasteiger partial charge in [0.25, 0.3) is 0 Å². The Bertz CT molecular complexity index is 759. The number of benzene rings is 1. The molecule has 2 atom stereocenters. The van der Waals surface area contributed by atoms with Crippen LogP contribution in [-0.4, -0.2) is 39.1 Å². The fourth-order valence-corrected chi connectivity index (χ4v) is 3.81. The molecule has 0 spiro atoms. The first-order chi connectivity index (χ1) is 13.0. The molecule has 0 fully saturated rings. The summed E-state index contributed by atoms with van der Waals surface area (Å²) in [6, 6.07) is 8.80. The minimum Gasteiger partial charge on any atom is -0.457 e. The number of carbonyl (C=O) groups is 2. The first-order valence-corrected chi connectivity index (χ1v) is 12.4. The predicted molar refractivity (Wildman–Crippen MR) is 112 cm³/mol. The van der Waals surface area contributed by atoms with Gasteiger partial charge in [0.1, 0.15) is 12.7 Å². The minimum atomic E-state index is -2.09. The van der Waals surface area contributed by atoms with Gasteiger partial charge in [-0.15, -0.1) is 0 Å². The van der Waals surface area contributed by atoms with Gasteiger partial charge >= 0.3 is 11.9 Å². The Labute approximate surface area is 168 Å². The van der Waals surface area contributed by atoms with E-state index in [2.05, 4.69) is 33.9 Å². The molecule has 6 heteroatoms. The van der Waals surface area contributed by atoms with Gasteiger partial charge < -0.3 is 13.9 Å². The normalized spacial score (nSPS) is 19.7.